The number of nitrogens with one attached hydrogen (secondary N) is 1. The Morgan fingerprint density at radius 2 is 1.96 bits per heavy atom. The highest BCUT2D eigenvalue weighted by atomic mass is 19.1. The van der Waals surface area contributed by atoms with Crippen LogP contribution in [0.3, 0.4) is 0 Å². The van der Waals surface area contributed by atoms with E-state index < -0.39 is 0 Å². The molecule has 3 heterocycles. The van der Waals surface area contributed by atoms with E-state index in [0.29, 0.717) is 30.6 Å². The second-order valence-corrected chi connectivity index (χ2v) is 6.87. The summed E-state index contributed by atoms with van der Waals surface area (Å²) in [7, 11) is 0. The van der Waals surface area contributed by atoms with Gasteiger partial charge in [0.1, 0.15) is 11.6 Å². The quantitative estimate of drug-likeness (QED) is 0.493. The zero-order chi connectivity index (χ0) is 18.9. The molecule has 1 aromatic carbocycles. The number of benzene rings is 1. The molecular formula is C19H18FN7O. The van der Waals surface area contributed by atoms with E-state index in [9.17, 15) is 4.39 Å². The second-order valence-electron chi connectivity index (χ2n) is 6.87. The van der Waals surface area contributed by atoms with Gasteiger partial charge >= 0.3 is 0 Å². The van der Waals surface area contributed by atoms with Crippen LogP contribution in [0.4, 0.5) is 10.2 Å². The molecule has 0 spiro atoms. The Balaban J connectivity index is 1.17. The maximum atomic E-state index is 13.0. The molecule has 1 aliphatic rings. The number of hydrogen-bond acceptors (Lipinski definition) is 7. The van der Waals surface area contributed by atoms with Crippen LogP contribution in [0, 0.1) is 5.82 Å². The van der Waals surface area contributed by atoms with E-state index in [0.717, 1.165) is 42.1 Å². The number of aryl methyl sites for hydroxylation is 1. The van der Waals surface area contributed by atoms with Crippen molar-refractivity contribution < 1.29 is 8.91 Å². The van der Waals surface area contributed by atoms with Crippen molar-refractivity contribution in [2.24, 2.45) is 0 Å². The van der Waals surface area contributed by atoms with Gasteiger partial charge in [0.15, 0.2) is 11.5 Å². The fourth-order valence-corrected chi connectivity index (χ4v) is 3.02. The average Bonchev–Trinajstić information content (AvgIpc) is 3.30. The number of hydrogen-bond donors (Lipinski definition) is 1. The van der Waals surface area contributed by atoms with E-state index in [1.54, 1.807) is 12.1 Å². The molecule has 5 rings (SSSR count). The van der Waals surface area contributed by atoms with E-state index in [-0.39, 0.29) is 5.82 Å². The SMILES string of the molecule is Fc1ccc(-c2noc(CCCNc3ccc4nnc(C5CC5)n4n3)n2)cc1. The highest BCUT2D eigenvalue weighted by Crippen LogP contribution is 2.38. The van der Waals surface area contributed by atoms with E-state index in [1.807, 2.05) is 16.6 Å². The highest BCUT2D eigenvalue weighted by molar-refractivity contribution is 5.53. The summed E-state index contributed by atoms with van der Waals surface area (Å²) >= 11 is 0. The van der Waals surface area contributed by atoms with Gasteiger partial charge in [0.25, 0.3) is 0 Å². The Kier molecular flexibility index (Phi) is 4.19. The number of fused-ring (bicyclic) bond motifs is 1. The highest BCUT2D eigenvalue weighted by Gasteiger charge is 2.29. The Hall–Kier alpha value is -3.36. The molecule has 0 atom stereocenters. The van der Waals surface area contributed by atoms with Crippen LogP contribution in [0.15, 0.2) is 40.9 Å². The van der Waals surface area contributed by atoms with Crippen molar-refractivity contribution in [1.82, 2.24) is 30.0 Å². The molecule has 142 valence electrons. The van der Waals surface area contributed by atoms with E-state index in [2.05, 4.69) is 30.8 Å². The average molecular weight is 379 g/mol. The zero-order valence-corrected chi connectivity index (χ0v) is 15.0. The molecule has 0 amide bonds. The summed E-state index contributed by atoms with van der Waals surface area (Å²) in [4.78, 5) is 4.36. The van der Waals surface area contributed by atoms with Gasteiger partial charge in [0, 0.05) is 24.4 Å². The number of halogens is 1. The molecule has 1 N–H and O–H groups in total. The smallest absolute Gasteiger partial charge is 0.227 e. The molecule has 8 nitrogen and oxygen atoms in total. The molecule has 1 fully saturated rings. The molecule has 0 bridgehead atoms. The Bertz CT molecular complexity index is 1100. The number of rotatable bonds is 7. The molecule has 0 saturated heterocycles. The van der Waals surface area contributed by atoms with E-state index >= 15 is 0 Å². The van der Waals surface area contributed by atoms with Gasteiger partial charge in [-0.1, -0.05) is 5.16 Å². The second kappa shape index (κ2) is 6.99. The fraction of sp³-hybridized carbons (Fsp3) is 0.316. The van der Waals surface area contributed by atoms with Crippen LogP contribution < -0.4 is 5.32 Å². The predicted molar refractivity (Wildman–Crippen MR) is 99.3 cm³/mol. The van der Waals surface area contributed by atoms with E-state index in [4.69, 9.17) is 4.52 Å². The maximum absolute atomic E-state index is 13.0. The first-order valence-electron chi connectivity index (χ1n) is 9.31. The van der Waals surface area contributed by atoms with Gasteiger partial charge in [-0.05, 0) is 55.7 Å². The minimum absolute atomic E-state index is 0.291. The van der Waals surface area contributed by atoms with Crippen LogP contribution in [0.5, 0.6) is 0 Å². The predicted octanol–water partition coefficient (Wildman–Crippen LogP) is 3.24. The van der Waals surface area contributed by atoms with E-state index in [1.165, 1.54) is 12.1 Å². The van der Waals surface area contributed by atoms with Crippen molar-refractivity contribution in [3.8, 4) is 11.4 Å². The minimum atomic E-state index is -0.291. The minimum Gasteiger partial charge on any atom is -0.369 e. The third-order valence-electron chi connectivity index (χ3n) is 4.67. The summed E-state index contributed by atoms with van der Waals surface area (Å²) in [6.45, 7) is 0.716. The van der Waals surface area contributed by atoms with Gasteiger partial charge in [0.05, 0.1) is 0 Å². The molecule has 1 saturated carbocycles. The van der Waals surface area contributed by atoms with Crippen LogP contribution >= 0.6 is 0 Å². The molecule has 1 aliphatic carbocycles. The van der Waals surface area contributed by atoms with Crippen molar-refractivity contribution >= 4 is 11.5 Å². The van der Waals surface area contributed by atoms with Crippen molar-refractivity contribution in [1.29, 1.82) is 0 Å². The largest absolute Gasteiger partial charge is 0.369 e. The summed E-state index contributed by atoms with van der Waals surface area (Å²) in [5, 5.41) is 20.3. The first kappa shape index (κ1) is 16.8. The lowest BCUT2D eigenvalue weighted by Gasteiger charge is -2.05. The summed E-state index contributed by atoms with van der Waals surface area (Å²) in [5.74, 6) is 2.95. The lowest BCUT2D eigenvalue weighted by molar-refractivity contribution is 0.377. The Labute approximate surface area is 159 Å². The van der Waals surface area contributed by atoms with Crippen LogP contribution in [-0.4, -0.2) is 36.5 Å². The first-order chi connectivity index (χ1) is 13.8. The molecule has 28 heavy (non-hydrogen) atoms. The van der Waals surface area contributed by atoms with Crippen molar-refractivity contribution in [3.05, 3.63) is 53.9 Å². The van der Waals surface area contributed by atoms with Crippen LogP contribution in [0.25, 0.3) is 17.0 Å². The number of nitrogens with zero attached hydrogens (tertiary/aromatic N) is 6. The third-order valence-corrected chi connectivity index (χ3v) is 4.67. The van der Waals surface area contributed by atoms with Gasteiger partial charge in [-0.15, -0.1) is 15.3 Å². The van der Waals surface area contributed by atoms with Crippen LogP contribution in [-0.2, 0) is 6.42 Å². The summed E-state index contributed by atoms with van der Waals surface area (Å²) in [5.41, 5.74) is 1.50. The maximum Gasteiger partial charge on any atom is 0.227 e. The molecule has 4 aromatic rings. The standard InChI is InChI=1S/C19H18FN7O/c20-14-7-5-12(6-8-14)18-22-17(28-26-18)2-1-11-21-15-9-10-16-23-24-19(13-3-4-13)27(16)25-15/h5-10,13H,1-4,11H2,(H,21,25). The number of anilines is 1. The zero-order valence-electron chi connectivity index (χ0n) is 15.0. The number of aromatic nitrogens is 6. The van der Waals surface area contributed by atoms with Crippen molar-refractivity contribution in [2.45, 2.75) is 31.6 Å². The van der Waals surface area contributed by atoms with Crippen molar-refractivity contribution in [2.75, 3.05) is 11.9 Å². The normalized spacial score (nSPS) is 13.9. The van der Waals surface area contributed by atoms with Crippen LogP contribution in [0.2, 0.25) is 0 Å². The third kappa shape index (κ3) is 3.42. The van der Waals surface area contributed by atoms with Gasteiger partial charge in [-0.3, -0.25) is 0 Å². The first-order valence-corrected chi connectivity index (χ1v) is 9.31. The topological polar surface area (TPSA) is 94.0 Å². The molecule has 0 radical (unpaired) electrons. The summed E-state index contributed by atoms with van der Waals surface area (Å²) in [6, 6.07) is 9.84. The molecule has 3 aromatic heterocycles. The molecule has 0 unspecified atom stereocenters. The lowest BCUT2D eigenvalue weighted by Crippen LogP contribution is -2.07. The van der Waals surface area contributed by atoms with Gasteiger partial charge in [-0.2, -0.15) is 9.50 Å². The Morgan fingerprint density at radius 3 is 2.79 bits per heavy atom. The van der Waals surface area contributed by atoms with Gasteiger partial charge < -0.3 is 9.84 Å². The van der Waals surface area contributed by atoms with Gasteiger partial charge in [0.2, 0.25) is 11.7 Å². The monoisotopic (exact) mass is 379 g/mol. The molecular weight excluding hydrogens is 361 g/mol. The van der Waals surface area contributed by atoms with Crippen molar-refractivity contribution in [3.63, 3.8) is 0 Å². The lowest BCUT2D eigenvalue weighted by atomic mass is 10.2. The summed E-state index contributed by atoms with van der Waals surface area (Å²) < 4.78 is 20.1. The van der Waals surface area contributed by atoms with Crippen LogP contribution in [0.1, 0.15) is 36.9 Å². The summed E-state index contributed by atoms with van der Waals surface area (Å²) in [6.07, 6.45) is 3.76. The van der Waals surface area contributed by atoms with Gasteiger partial charge in [-0.25, -0.2) is 4.39 Å². The Morgan fingerprint density at radius 1 is 1.11 bits per heavy atom. The molecule has 9 heteroatoms. The molecule has 0 aliphatic heterocycles. The fourth-order valence-electron chi connectivity index (χ4n) is 3.02.